The molecule has 27 heavy (non-hydrogen) atoms. The van der Waals surface area contributed by atoms with Crippen LogP contribution in [-0.2, 0) is 13.0 Å². The van der Waals surface area contributed by atoms with Gasteiger partial charge < -0.3 is 5.32 Å². The number of thioether (sulfide) groups is 1. The van der Waals surface area contributed by atoms with Crippen molar-refractivity contribution in [1.29, 1.82) is 0 Å². The number of thiophene rings is 1. The first-order chi connectivity index (χ1) is 13.1. The Morgan fingerprint density at radius 3 is 2.78 bits per heavy atom. The van der Waals surface area contributed by atoms with Gasteiger partial charge in [-0.2, -0.15) is 0 Å². The second-order valence-electron chi connectivity index (χ2n) is 6.15. The highest BCUT2D eigenvalue weighted by Gasteiger charge is 2.16. The second-order valence-corrected chi connectivity index (χ2v) is 8.26. The highest BCUT2D eigenvalue weighted by atomic mass is 32.2. The number of benzene rings is 1. The van der Waals surface area contributed by atoms with Crippen LogP contribution in [0.25, 0.3) is 0 Å². The van der Waals surface area contributed by atoms with E-state index in [1.165, 1.54) is 12.1 Å². The number of carbonyl (C=O) groups is 1. The molecule has 2 heterocycles. The van der Waals surface area contributed by atoms with Crippen molar-refractivity contribution in [3.63, 3.8) is 0 Å². The molecule has 0 spiro atoms. The van der Waals surface area contributed by atoms with E-state index in [4.69, 9.17) is 0 Å². The predicted octanol–water partition coefficient (Wildman–Crippen LogP) is 5.25. The monoisotopic (exact) mass is 400 g/mol. The maximum atomic E-state index is 13.0. The Bertz CT molecular complexity index is 880. The average Bonchev–Trinajstić information content (AvgIpc) is 3.18. The number of pyridine rings is 1. The lowest BCUT2D eigenvalue weighted by atomic mass is 10.1. The number of aryl methyl sites for hydroxylation is 2. The first-order valence-corrected chi connectivity index (χ1v) is 10.6. The first-order valence-electron chi connectivity index (χ1n) is 8.77. The van der Waals surface area contributed by atoms with Crippen molar-refractivity contribution in [1.82, 2.24) is 10.3 Å². The van der Waals surface area contributed by atoms with Gasteiger partial charge >= 0.3 is 0 Å². The summed E-state index contributed by atoms with van der Waals surface area (Å²) in [5.74, 6) is 0.546. The summed E-state index contributed by atoms with van der Waals surface area (Å²) >= 11 is 3.22. The van der Waals surface area contributed by atoms with Crippen LogP contribution in [0.3, 0.4) is 0 Å². The van der Waals surface area contributed by atoms with Crippen molar-refractivity contribution in [3.8, 4) is 0 Å². The van der Waals surface area contributed by atoms with Crippen LogP contribution in [0.4, 0.5) is 4.39 Å². The third-order valence-electron chi connectivity index (χ3n) is 4.12. The van der Waals surface area contributed by atoms with Gasteiger partial charge in [0, 0.05) is 11.1 Å². The molecule has 3 aromatic rings. The minimum Gasteiger partial charge on any atom is -0.347 e. The van der Waals surface area contributed by atoms with Gasteiger partial charge in [-0.05, 0) is 66.3 Å². The Kier molecular flexibility index (Phi) is 7.01. The summed E-state index contributed by atoms with van der Waals surface area (Å²) < 4.78 is 13.0. The van der Waals surface area contributed by atoms with E-state index in [2.05, 4.69) is 10.3 Å². The van der Waals surface area contributed by atoms with E-state index in [-0.39, 0.29) is 11.7 Å². The molecular weight excluding hydrogens is 379 g/mol. The maximum Gasteiger partial charge on any atom is 0.254 e. The minimum absolute atomic E-state index is 0.0879. The van der Waals surface area contributed by atoms with Crippen LogP contribution in [0.1, 0.15) is 32.8 Å². The SMILES string of the molecule is Cc1ccnc(SCCCc2ccc(F)cc2)c1C(=O)NCc1cccs1. The topological polar surface area (TPSA) is 42.0 Å². The van der Waals surface area contributed by atoms with Crippen molar-refractivity contribution in [3.05, 3.63) is 81.4 Å². The Morgan fingerprint density at radius 1 is 1.22 bits per heavy atom. The van der Waals surface area contributed by atoms with Crippen LogP contribution < -0.4 is 5.32 Å². The maximum absolute atomic E-state index is 13.0. The van der Waals surface area contributed by atoms with Crippen molar-refractivity contribution < 1.29 is 9.18 Å². The molecule has 140 valence electrons. The molecule has 0 bridgehead atoms. The lowest BCUT2D eigenvalue weighted by Crippen LogP contribution is -2.24. The van der Waals surface area contributed by atoms with Crippen LogP contribution in [-0.4, -0.2) is 16.6 Å². The van der Waals surface area contributed by atoms with E-state index < -0.39 is 0 Å². The molecular formula is C21H21FN2OS2. The normalized spacial score (nSPS) is 10.7. The zero-order chi connectivity index (χ0) is 19.1. The molecule has 0 unspecified atom stereocenters. The largest absolute Gasteiger partial charge is 0.347 e. The fraction of sp³-hybridized carbons (Fsp3) is 0.238. The van der Waals surface area contributed by atoms with Gasteiger partial charge in [0.25, 0.3) is 5.91 Å². The van der Waals surface area contributed by atoms with Crippen LogP contribution in [0, 0.1) is 12.7 Å². The Labute approximate surface area is 167 Å². The van der Waals surface area contributed by atoms with Crippen molar-refractivity contribution >= 4 is 29.0 Å². The number of amides is 1. The number of hydrogen-bond acceptors (Lipinski definition) is 4. The van der Waals surface area contributed by atoms with Gasteiger partial charge in [-0.1, -0.05) is 18.2 Å². The standard InChI is InChI=1S/C21H21FN2OS2/c1-15-10-11-23-21(19(15)20(25)24-14-18-5-3-12-26-18)27-13-2-4-16-6-8-17(22)9-7-16/h3,5-12H,2,4,13-14H2,1H3,(H,24,25). The van der Waals surface area contributed by atoms with Gasteiger partial charge in [-0.3, -0.25) is 4.79 Å². The summed E-state index contributed by atoms with van der Waals surface area (Å²) in [7, 11) is 0. The minimum atomic E-state index is -0.213. The number of rotatable bonds is 8. The van der Waals surface area contributed by atoms with Gasteiger partial charge in [0.2, 0.25) is 0 Å². The quantitative estimate of drug-likeness (QED) is 0.415. The molecule has 3 nitrogen and oxygen atoms in total. The zero-order valence-electron chi connectivity index (χ0n) is 15.1. The van der Waals surface area contributed by atoms with E-state index in [1.807, 2.05) is 42.6 Å². The average molecular weight is 401 g/mol. The molecule has 1 N–H and O–H groups in total. The van der Waals surface area contributed by atoms with E-state index in [9.17, 15) is 9.18 Å². The number of nitrogens with zero attached hydrogens (tertiary/aromatic N) is 1. The lowest BCUT2D eigenvalue weighted by Gasteiger charge is -2.11. The number of carbonyl (C=O) groups excluding carboxylic acids is 1. The van der Waals surface area contributed by atoms with E-state index in [1.54, 1.807) is 29.3 Å². The Hall–Kier alpha value is -2.18. The summed E-state index contributed by atoms with van der Waals surface area (Å²) in [6, 6.07) is 12.4. The lowest BCUT2D eigenvalue weighted by molar-refractivity contribution is 0.0947. The van der Waals surface area contributed by atoms with Gasteiger partial charge in [0.1, 0.15) is 10.8 Å². The molecule has 1 amide bonds. The number of hydrogen-bond donors (Lipinski definition) is 1. The summed E-state index contributed by atoms with van der Waals surface area (Å²) in [6.07, 6.45) is 3.55. The number of aromatic nitrogens is 1. The van der Waals surface area contributed by atoms with Crippen molar-refractivity contribution in [2.24, 2.45) is 0 Å². The fourth-order valence-electron chi connectivity index (χ4n) is 2.68. The third kappa shape index (κ3) is 5.65. The molecule has 0 aliphatic heterocycles. The molecule has 6 heteroatoms. The van der Waals surface area contributed by atoms with Crippen LogP contribution in [0.5, 0.6) is 0 Å². The first kappa shape index (κ1) is 19.6. The summed E-state index contributed by atoms with van der Waals surface area (Å²) in [4.78, 5) is 18.2. The molecule has 0 radical (unpaired) electrons. The Morgan fingerprint density at radius 2 is 2.04 bits per heavy atom. The van der Waals surface area contributed by atoms with Gasteiger partial charge in [-0.15, -0.1) is 23.1 Å². The van der Waals surface area contributed by atoms with E-state index >= 15 is 0 Å². The molecule has 0 aliphatic carbocycles. The van der Waals surface area contributed by atoms with Crippen molar-refractivity contribution in [2.75, 3.05) is 5.75 Å². The summed E-state index contributed by atoms with van der Waals surface area (Å²) in [5.41, 5.74) is 2.69. The summed E-state index contributed by atoms with van der Waals surface area (Å²) in [5, 5.41) is 5.75. The van der Waals surface area contributed by atoms with Crippen LogP contribution >= 0.6 is 23.1 Å². The molecule has 0 fully saturated rings. The summed E-state index contributed by atoms with van der Waals surface area (Å²) in [6.45, 7) is 2.46. The molecule has 0 aliphatic rings. The number of halogens is 1. The molecule has 0 atom stereocenters. The highest BCUT2D eigenvalue weighted by Crippen LogP contribution is 2.24. The molecule has 0 saturated heterocycles. The molecule has 2 aromatic heterocycles. The van der Waals surface area contributed by atoms with Crippen molar-refractivity contribution in [2.45, 2.75) is 31.3 Å². The van der Waals surface area contributed by atoms with Crippen LogP contribution in [0.2, 0.25) is 0 Å². The fourth-order valence-corrected chi connectivity index (χ4v) is 4.34. The van der Waals surface area contributed by atoms with Gasteiger partial charge in [0.15, 0.2) is 0 Å². The highest BCUT2D eigenvalue weighted by molar-refractivity contribution is 7.99. The predicted molar refractivity (Wildman–Crippen MR) is 110 cm³/mol. The third-order valence-corrected chi connectivity index (χ3v) is 6.07. The van der Waals surface area contributed by atoms with E-state index in [0.29, 0.717) is 12.1 Å². The van der Waals surface area contributed by atoms with Gasteiger partial charge in [-0.25, -0.2) is 9.37 Å². The van der Waals surface area contributed by atoms with Crippen LogP contribution in [0.15, 0.2) is 59.1 Å². The smallest absolute Gasteiger partial charge is 0.254 e. The molecule has 1 aromatic carbocycles. The zero-order valence-corrected chi connectivity index (χ0v) is 16.7. The van der Waals surface area contributed by atoms with E-state index in [0.717, 1.165) is 39.6 Å². The molecule has 0 saturated carbocycles. The second kappa shape index (κ2) is 9.67. The Balaban J connectivity index is 1.57. The molecule has 3 rings (SSSR count). The number of nitrogens with one attached hydrogen (secondary N) is 1. The van der Waals surface area contributed by atoms with Gasteiger partial charge in [0.05, 0.1) is 12.1 Å².